The Morgan fingerprint density at radius 1 is 1.05 bits per heavy atom. The SMILES string of the molecule is COc1ccc(C(=O)c2ccc(N)cc2N)c(OC)c1Cl. The highest BCUT2D eigenvalue weighted by Gasteiger charge is 2.21. The average molecular weight is 307 g/mol. The van der Waals surface area contributed by atoms with Crippen LogP contribution >= 0.6 is 11.6 Å². The number of hydrogen-bond acceptors (Lipinski definition) is 5. The lowest BCUT2D eigenvalue weighted by Gasteiger charge is -2.13. The molecule has 0 unspecified atom stereocenters. The molecule has 0 aliphatic heterocycles. The van der Waals surface area contributed by atoms with Crippen molar-refractivity contribution in [3.63, 3.8) is 0 Å². The summed E-state index contributed by atoms with van der Waals surface area (Å²) in [6, 6.07) is 7.91. The number of rotatable bonds is 4. The third-order valence-electron chi connectivity index (χ3n) is 3.05. The first kappa shape index (κ1) is 15.0. The van der Waals surface area contributed by atoms with Crippen LogP contribution in [-0.4, -0.2) is 20.0 Å². The van der Waals surface area contributed by atoms with Crippen LogP contribution in [0.5, 0.6) is 11.5 Å². The zero-order valence-corrected chi connectivity index (χ0v) is 12.4. The van der Waals surface area contributed by atoms with Gasteiger partial charge in [-0.1, -0.05) is 11.6 Å². The van der Waals surface area contributed by atoms with E-state index in [0.717, 1.165) is 0 Å². The van der Waals surface area contributed by atoms with E-state index in [-0.39, 0.29) is 16.6 Å². The molecule has 0 amide bonds. The number of ether oxygens (including phenoxy) is 2. The number of hydrogen-bond donors (Lipinski definition) is 2. The Balaban J connectivity index is 2.55. The predicted octanol–water partition coefficient (Wildman–Crippen LogP) is 2.75. The molecule has 0 heterocycles. The molecule has 0 bridgehead atoms. The standard InChI is InChI=1S/C15H15ClN2O3/c1-20-12-6-5-10(15(21-2)13(12)16)14(19)9-4-3-8(17)7-11(9)18/h3-7H,17-18H2,1-2H3. The first-order valence-electron chi connectivity index (χ1n) is 6.09. The minimum absolute atomic E-state index is 0.236. The van der Waals surface area contributed by atoms with Gasteiger partial charge in [0, 0.05) is 16.9 Å². The fourth-order valence-electron chi connectivity index (χ4n) is 2.01. The predicted molar refractivity (Wildman–Crippen MR) is 83.3 cm³/mol. The van der Waals surface area contributed by atoms with Gasteiger partial charge in [0.1, 0.15) is 10.8 Å². The maximum absolute atomic E-state index is 12.6. The number of halogens is 1. The minimum Gasteiger partial charge on any atom is -0.495 e. The highest BCUT2D eigenvalue weighted by atomic mass is 35.5. The highest BCUT2D eigenvalue weighted by Crippen LogP contribution is 2.38. The number of carbonyl (C=O) groups is 1. The molecule has 2 rings (SSSR count). The van der Waals surface area contributed by atoms with Gasteiger partial charge in [0.2, 0.25) is 0 Å². The number of carbonyl (C=O) groups excluding carboxylic acids is 1. The molecule has 0 radical (unpaired) electrons. The third kappa shape index (κ3) is 2.73. The summed E-state index contributed by atoms with van der Waals surface area (Å²) in [6.45, 7) is 0. The van der Waals surface area contributed by atoms with E-state index in [4.69, 9.17) is 32.5 Å². The van der Waals surface area contributed by atoms with Gasteiger partial charge in [-0.2, -0.15) is 0 Å². The van der Waals surface area contributed by atoms with Crippen LogP contribution in [0.3, 0.4) is 0 Å². The van der Waals surface area contributed by atoms with E-state index in [2.05, 4.69) is 0 Å². The number of benzene rings is 2. The lowest BCUT2D eigenvalue weighted by molar-refractivity contribution is 0.103. The Bertz CT molecular complexity index is 702. The first-order chi connectivity index (χ1) is 9.99. The molecule has 5 nitrogen and oxygen atoms in total. The molecule has 6 heteroatoms. The van der Waals surface area contributed by atoms with Crippen molar-refractivity contribution >= 4 is 28.8 Å². The lowest BCUT2D eigenvalue weighted by Crippen LogP contribution is -2.08. The quantitative estimate of drug-likeness (QED) is 0.670. The van der Waals surface area contributed by atoms with Gasteiger partial charge in [0.15, 0.2) is 11.5 Å². The molecule has 0 saturated heterocycles. The molecule has 2 aromatic rings. The molecular weight excluding hydrogens is 292 g/mol. The van der Waals surface area contributed by atoms with Crippen molar-refractivity contribution < 1.29 is 14.3 Å². The number of ketones is 1. The summed E-state index contributed by atoms with van der Waals surface area (Å²) >= 11 is 6.16. The Labute approximate surface area is 127 Å². The topological polar surface area (TPSA) is 87.6 Å². The van der Waals surface area contributed by atoms with E-state index in [9.17, 15) is 4.79 Å². The van der Waals surface area contributed by atoms with Gasteiger partial charge in [-0.05, 0) is 30.3 Å². The second-order valence-corrected chi connectivity index (χ2v) is 4.72. The van der Waals surface area contributed by atoms with Crippen LogP contribution in [0.25, 0.3) is 0 Å². The summed E-state index contributed by atoms with van der Waals surface area (Å²) in [5.74, 6) is 0.376. The molecule has 4 N–H and O–H groups in total. The van der Waals surface area contributed by atoms with Crippen LogP contribution in [0.2, 0.25) is 5.02 Å². The second-order valence-electron chi connectivity index (χ2n) is 4.34. The molecule has 0 aliphatic carbocycles. The maximum atomic E-state index is 12.6. The van der Waals surface area contributed by atoms with Crippen molar-refractivity contribution in [2.24, 2.45) is 0 Å². The largest absolute Gasteiger partial charge is 0.495 e. The molecule has 0 aromatic heterocycles. The van der Waals surface area contributed by atoms with Gasteiger partial charge in [0.25, 0.3) is 0 Å². The molecular formula is C15H15ClN2O3. The van der Waals surface area contributed by atoms with Gasteiger partial charge < -0.3 is 20.9 Å². The Morgan fingerprint density at radius 2 is 1.71 bits per heavy atom. The van der Waals surface area contributed by atoms with E-state index in [0.29, 0.717) is 28.3 Å². The Morgan fingerprint density at radius 3 is 2.29 bits per heavy atom. The molecule has 0 fully saturated rings. The van der Waals surface area contributed by atoms with Crippen molar-refractivity contribution in [3.05, 3.63) is 46.5 Å². The molecule has 0 saturated carbocycles. The fourth-order valence-corrected chi connectivity index (χ4v) is 2.33. The summed E-state index contributed by atoms with van der Waals surface area (Å²) in [7, 11) is 2.92. The summed E-state index contributed by atoms with van der Waals surface area (Å²) in [6.07, 6.45) is 0. The minimum atomic E-state index is -0.297. The van der Waals surface area contributed by atoms with Gasteiger partial charge in [-0.15, -0.1) is 0 Å². The van der Waals surface area contributed by atoms with Crippen molar-refractivity contribution in [2.75, 3.05) is 25.7 Å². The van der Waals surface area contributed by atoms with Gasteiger partial charge in [-0.3, -0.25) is 4.79 Å². The van der Waals surface area contributed by atoms with E-state index in [1.807, 2.05) is 0 Å². The monoisotopic (exact) mass is 306 g/mol. The van der Waals surface area contributed by atoms with E-state index >= 15 is 0 Å². The average Bonchev–Trinajstić information content (AvgIpc) is 2.46. The van der Waals surface area contributed by atoms with Crippen molar-refractivity contribution in [1.29, 1.82) is 0 Å². The molecule has 21 heavy (non-hydrogen) atoms. The number of nitrogen functional groups attached to an aromatic ring is 2. The highest BCUT2D eigenvalue weighted by molar-refractivity contribution is 6.34. The lowest BCUT2D eigenvalue weighted by atomic mass is 10.0. The Kier molecular flexibility index (Phi) is 4.23. The number of methoxy groups -OCH3 is 2. The van der Waals surface area contributed by atoms with Gasteiger partial charge >= 0.3 is 0 Å². The summed E-state index contributed by atoms with van der Waals surface area (Å²) in [5.41, 5.74) is 12.9. The van der Waals surface area contributed by atoms with E-state index in [1.165, 1.54) is 20.3 Å². The Hall–Kier alpha value is -2.40. The van der Waals surface area contributed by atoms with Crippen molar-refractivity contribution in [3.8, 4) is 11.5 Å². The molecule has 2 aromatic carbocycles. The number of anilines is 2. The van der Waals surface area contributed by atoms with Crippen LogP contribution in [0.4, 0.5) is 11.4 Å². The maximum Gasteiger partial charge on any atom is 0.198 e. The summed E-state index contributed by atoms with van der Waals surface area (Å²) in [4.78, 5) is 12.6. The van der Waals surface area contributed by atoms with E-state index in [1.54, 1.807) is 24.3 Å². The zero-order valence-electron chi connectivity index (χ0n) is 11.6. The van der Waals surface area contributed by atoms with Crippen LogP contribution in [0.15, 0.2) is 30.3 Å². The van der Waals surface area contributed by atoms with E-state index < -0.39 is 0 Å². The second kappa shape index (κ2) is 5.93. The smallest absolute Gasteiger partial charge is 0.198 e. The van der Waals surface area contributed by atoms with Crippen LogP contribution < -0.4 is 20.9 Å². The summed E-state index contributed by atoms with van der Waals surface area (Å²) < 4.78 is 10.3. The summed E-state index contributed by atoms with van der Waals surface area (Å²) in [5, 5.41) is 0.236. The molecule has 0 spiro atoms. The van der Waals surface area contributed by atoms with Crippen LogP contribution in [0, 0.1) is 0 Å². The fraction of sp³-hybridized carbons (Fsp3) is 0.133. The van der Waals surface area contributed by atoms with Crippen LogP contribution in [-0.2, 0) is 0 Å². The van der Waals surface area contributed by atoms with Crippen molar-refractivity contribution in [1.82, 2.24) is 0 Å². The molecule has 0 atom stereocenters. The first-order valence-corrected chi connectivity index (χ1v) is 6.47. The molecule has 110 valence electrons. The van der Waals surface area contributed by atoms with Crippen LogP contribution in [0.1, 0.15) is 15.9 Å². The van der Waals surface area contributed by atoms with Gasteiger partial charge in [0.05, 0.1) is 19.8 Å². The van der Waals surface area contributed by atoms with Gasteiger partial charge in [-0.25, -0.2) is 0 Å². The van der Waals surface area contributed by atoms with Crippen molar-refractivity contribution in [2.45, 2.75) is 0 Å². The third-order valence-corrected chi connectivity index (χ3v) is 3.41. The molecule has 0 aliphatic rings. The zero-order chi connectivity index (χ0) is 15.6. The normalized spacial score (nSPS) is 10.2. The number of nitrogens with two attached hydrogens (primary N) is 2.